The minimum Gasteiger partial charge on any atom is -0.463 e. The summed E-state index contributed by atoms with van der Waals surface area (Å²) in [7, 11) is 1.06. The number of halogens is 2. The summed E-state index contributed by atoms with van der Waals surface area (Å²) in [6.07, 6.45) is 0. The molecule has 8 heteroatoms. The lowest BCUT2D eigenvalue weighted by Crippen LogP contribution is -2.49. The third-order valence-corrected chi connectivity index (χ3v) is 4.95. The van der Waals surface area contributed by atoms with E-state index in [-0.39, 0.29) is 16.4 Å². The van der Waals surface area contributed by atoms with Crippen molar-refractivity contribution in [3.05, 3.63) is 76.5 Å². The highest BCUT2D eigenvalue weighted by Gasteiger charge is 2.39. The maximum absolute atomic E-state index is 14.5. The zero-order valence-electron chi connectivity index (χ0n) is 16.0. The number of carbonyl (C=O) groups is 2. The van der Waals surface area contributed by atoms with Gasteiger partial charge < -0.3 is 10.1 Å². The molecule has 0 aliphatic carbocycles. The van der Waals surface area contributed by atoms with Crippen molar-refractivity contribution >= 4 is 34.8 Å². The van der Waals surface area contributed by atoms with Crippen LogP contribution in [0.5, 0.6) is 0 Å². The fourth-order valence-electron chi connectivity index (χ4n) is 3.32. The Morgan fingerprint density at radius 3 is 2.31 bits per heavy atom. The molecule has 2 aromatic carbocycles. The summed E-state index contributed by atoms with van der Waals surface area (Å²) in [5, 5.41) is 2.95. The number of aryl methyl sites for hydroxylation is 1. The van der Waals surface area contributed by atoms with Gasteiger partial charge in [0, 0.05) is 11.4 Å². The van der Waals surface area contributed by atoms with Crippen LogP contribution in [0.25, 0.3) is 0 Å². The van der Waals surface area contributed by atoms with Crippen LogP contribution in [0.1, 0.15) is 24.1 Å². The van der Waals surface area contributed by atoms with Gasteiger partial charge in [-0.05, 0) is 55.9 Å². The number of benzene rings is 2. The highest BCUT2D eigenvalue weighted by Crippen LogP contribution is 2.36. The minimum atomic E-state index is -1.28. The number of allylic oxidation sites excluding steroid dienone is 1. The Morgan fingerprint density at radius 1 is 1.10 bits per heavy atom. The number of thiocarbonyl (C=S) groups is 1. The van der Waals surface area contributed by atoms with E-state index < -0.39 is 35.0 Å². The van der Waals surface area contributed by atoms with Gasteiger partial charge in [0.25, 0.3) is 5.78 Å². The van der Waals surface area contributed by atoms with E-state index in [1.54, 1.807) is 17.9 Å². The second-order valence-electron chi connectivity index (χ2n) is 6.51. The molecule has 29 heavy (non-hydrogen) atoms. The standard InChI is InChI=1S/C21H18F2N2O3S/c1-11-6-4-7-13(10-11)25-12(2)16(19(26)20(27)28-3)18(24-21(25)29)17-14(22)8-5-9-15(17)23/h4-10,18H,1-3H3,(H,24,29)/t18-/m1/s1. The SMILES string of the molecule is COC(=O)C(=O)C1=C(C)N(c2cccc(C)c2)C(=S)N[C@H]1c1c(F)cccc1F. The molecule has 0 saturated carbocycles. The van der Waals surface area contributed by atoms with Crippen molar-refractivity contribution in [2.75, 3.05) is 12.0 Å². The van der Waals surface area contributed by atoms with Crippen LogP contribution < -0.4 is 10.2 Å². The molecular weight excluding hydrogens is 398 g/mol. The molecule has 3 rings (SSSR count). The molecule has 2 aromatic rings. The van der Waals surface area contributed by atoms with Crippen molar-refractivity contribution in [3.8, 4) is 0 Å². The molecule has 0 radical (unpaired) electrons. The molecule has 1 atom stereocenters. The number of methoxy groups -OCH3 is 1. The first-order chi connectivity index (χ1) is 13.8. The zero-order chi connectivity index (χ0) is 21.3. The second kappa shape index (κ2) is 8.08. The van der Waals surface area contributed by atoms with Crippen LogP contribution in [0.15, 0.2) is 53.7 Å². The van der Waals surface area contributed by atoms with E-state index in [9.17, 15) is 18.4 Å². The number of hydrogen-bond donors (Lipinski definition) is 1. The van der Waals surface area contributed by atoms with Gasteiger partial charge in [0.05, 0.1) is 24.3 Å². The van der Waals surface area contributed by atoms with Crippen LogP contribution in [-0.4, -0.2) is 24.0 Å². The second-order valence-corrected chi connectivity index (χ2v) is 6.90. The lowest BCUT2D eigenvalue weighted by atomic mass is 9.91. The number of nitrogens with one attached hydrogen (secondary N) is 1. The highest BCUT2D eigenvalue weighted by molar-refractivity contribution is 7.80. The summed E-state index contributed by atoms with van der Waals surface area (Å²) in [6, 6.07) is 9.39. The van der Waals surface area contributed by atoms with Gasteiger partial charge in [0.1, 0.15) is 11.6 Å². The van der Waals surface area contributed by atoms with Gasteiger partial charge in [0.15, 0.2) is 5.11 Å². The lowest BCUT2D eigenvalue weighted by molar-refractivity contribution is -0.150. The number of carbonyl (C=O) groups excluding carboxylic acids is 2. The summed E-state index contributed by atoms with van der Waals surface area (Å²) in [4.78, 5) is 26.4. The molecule has 150 valence electrons. The molecule has 0 spiro atoms. The fraction of sp³-hybridized carbons (Fsp3) is 0.190. The maximum atomic E-state index is 14.5. The Balaban J connectivity index is 2.25. The summed E-state index contributed by atoms with van der Waals surface area (Å²) in [5.41, 5.74) is 1.33. The largest absolute Gasteiger partial charge is 0.463 e. The van der Waals surface area contributed by atoms with Crippen molar-refractivity contribution in [1.82, 2.24) is 5.32 Å². The average molecular weight is 416 g/mol. The van der Waals surface area contributed by atoms with E-state index in [4.69, 9.17) is 12.2 Å². The van der Waals surface area contributed by atoms with Crippen molar-refractivity contribution in [2.45, 2.75) is 19.9 Å². The normalized spacial score (nSPS) is 16.5. The number of ketones is 1. The number of anilines is 1. The van der Waals surface area contributed by atoms with Crippen molar-refractivity contribution in [2.24, 2.45) is 0 Å². The number of rotatable bonds is 4. The highest BCUT2D eigenvalue weighted by atomic mass is 32.1. The molecule has 1 aliphatic heterocycles. The Hall–Kier alpha value is -3.13. The third-order valence-electron chi connectivity index (χ3n) is 4.65. The number of hydrogen-bond acceptors (Lipinski definition) is 4. The van der Waals surface area contributed by atoms with E-state index in [2.05, 4.69) is 10.1 Å². The molecule has 5 nitrogen and oxygen atoms in total. The zero-order valence-corrected chi connectivity index (χ0v) is 16.8. The summed E-state index contributed by atoms with van der Waals surface area (Å²) in [5.74, 6) is -3.88. The molecule has 0 fully saturated rings. The molecule has 0 bridgehead atoms. The molecule has 0 unspecified atom stereocenters. The van der Waals surface area contributed by atoms with Crippen molar-refractivity contribution in [3.63, 3.8) is 0 Å². The first kappa shape index (κ1) is 20.6. The predicted molar refractivity (Wildman–Crippen MR) is 108 cm³/mol. The molecular formula is C21H18F2N2O3S. The molecule has 1 aliphatic rings. The van der Waals surface area contributed by atoms with E-state index in [1.165, 1.54) is 6.07 Å². The molecule has 0 aromatic heterocycles. The van der Waals surface area contributed by atoms with Gasteiger partial charge in [-0.25, -0.2) is 13.6 Å². The average Bonchev–Trinajstić information content (AvgIpc) is 2.66. The van der Waals surface area contributed by atoms with E-state index in [0.717, 1.165) is 24.8 Å². The van der Waals surface area contributed by atoms with Gasteiger partial charge in [-0.3, -0.25) is 9.69 Å². The van der Waals surface area contributed by atoms with Crippen LogP contribution in [0.4, 0.5) is 14.5 Å². The van der Waals surface area contributed by atoms with Gasteiger partial charge in [-0.15, -0.1) is 0 Å². The number of esters is 1. The monoisotopic (exact) mass is 416 g/mol. The van der Waals surface area contributed by atoms with Crippen LogP contribution >= 0.6 is 12.2 Å². The summed E-state index contributed by atoms with van der Waals surface area (Å²) < 4.78 is 33.5. The summed E-state index contributed by atoms with van der Waals surface area (Å²) >= 11 is 5.43. The molecule has 0 saturated heterocycles. The van der Waals surface area contributed by atoms with E-state index >= 15 is 0 Å². The van der Waals surface area contributed by atoms with E-state index in [1.807, 2.05) is 25.1 Å². The predicted octanol–water partition coefficient (Wildman–Crippen LogP) is 3.73. The number of Topliss-reactive ketones (excluding diaryl/α,β-unsaturated/α-hetero) is 1. The summed E-state index contributed by atoms with van der Waals surface area (Å²) in [6.45, 7) is 3.46. The Bertz CT molecular complexity index is 1030. The van der Waals surface area contributed by atoms with Crippen LogP contribution in [0, 0.1) is 18.6 Å². The maximum Gasteiger partial charge on any atom is 0.379 e. The van der Waals surface area contributed by atoms with Gasteiger partial charge >= 0.3 is 5.97 Å². The van der Waals surface area contributed by atoms with Gasteiger partial charge in [0.2, 0.25) is 0 Å². The molecule has 0 amide bonds. The van der Waals surface area contributed by atoms with Crippen molar-refractivity contribution in [1.29, 1.82) is 0 Å². The lowest BCUT2D eigenvalue weighted by Gasteiger charge is -2.37. The molecule has 1 heterocycles. The van der Waals surface area contributed by atoms with Gasteiger partial charge in [-0.2, -0.15) is 0 Å². The van der Waals surface area contributed by atoms with Gasteiger partial charge in [-0.1, -0.05) is 18.2 Å². The van der Waals surface area contributed by atoms with Crippen molar-refractivity contribution < 1.29 is 23.1 Å². The Labute approximate surface area is 172 Å². The third kappa shape index (κ3) is 3.75. The minimum absolute atomic E-state index is 0.141. The number of nitrogens with zero attached hydrogens (tertiary/aromatic N) is 1. The smallest absolute Gasteiger partial charge is 0.379 e. The first-order valence-corrected chi connectivity index (χ1v) is 9.11. The van der Waals surface area contributed by atoms with E-state index in [0.29, 0.717) is 5.69 Å². The first-order valence-electron chi connectivity index (χ1n) is 8.70. The Kier molecular flexibility index (Phi) is 5.74. The van der Waals surface area contributed by atoms with Crippen LogP contribution in [0.3, 0.4) is 0 Å². The van der Waals surface area contributed by atoms with Crippen LogP contribution in [0.2, 0.25) is 0 Å². The Morgan fingerprint density at radius 2 is 1.72 bits per heavy atom. The fourth-order valence-corrected chi connectivity index (χ4v) is 3.68. The topological polar surface area (TPSA) is 58.6 Å². The quantitative estimate of drug-likeness (QED) is 0.466. The number of ether oxygens (including phenoxy) is 1. The van der Waals surface area contributed by atoms with Crippen LogP contribution in [-0.2, 0) is 14.3 Å². The molecule has 1 N–H and O–H groups in total.